The third-order valence-electron chi connectivity index (χ3n) is 5.32. The summed E-state index contributed by atoms with van der Waals surface area (Å²) in [6, 6.07) is 6.85. The lowest BCUT2D eigenvalue weighted by atomic mass is 10.1. The number of nitrogens with zero attached hydrogens (tertiary/aromatic N) is 4. The van der Waals surface area contributed by atoms with E-state index in [1.54, 1.807) is 0 Å². The first-order valence-corrected chi connectivity index (χ1v) is 9.22. The van der Waals surface area contributed by atoms with Crippen LogP contribution in [-0.4, -0.2) is 63.6 Å². The zero-order chi connectivity index (χ0) is 16.5. The topological polar surface area (TPSA) is 33.0 Å². The quantitative estimate of drug-likeness (QED) is 0.863. The van der Waals surface area contributed by atoms with Gasteiger partial charge in [-0.15, -0.1) is 0 Å². The summed E-state index contributed by atoms with van der Waals surface area (Å²) in [5, 5.41) is 0. The maximum Gasteiger partial charge on any atom is 0.136 e. The monoisotopic (exact) mass is 328 g/mol. The molecule has 0 saturated carbocycles. The van der Waals surface area contributed by atoms with E-state index < -0.39 is 0 Å². The van der Waals surface area contributed by atoms with Crippen LogP contribution in [0.15, 0.2) is 30.6 Å². The Kier molecular flexibility index (Phi) is 4.57. The Hall–Kier alpha value is -1.43. The van der Waals surface area contributed by atoms with Crippen molar-refractivity contribution in [3.8, 4) is 0 Å². The number of rotatable bonds is 4. The highest BCUT2D eigenvalue weighted by molar-refractivity contribution is 5.39. The molecule has 2 aliphatic rings. The largest absolute Gasteiger partial charge is 0.373 e. The molecule has 2 aromatic rings. The minimum absolute atomic E-state index is 0.349. The zero-order valence-corrected chi connectivity index (χ0v) is 14.8. The van der Waals surface area contributed by atoms with Crippen LogP contribution in [0.5, 0.6) is 0 Å². The van der Waals surface area contributed by atoms with Gasteiger partial charge in [0.1, 0.15) is 5.65 Å². The maximum absolute atomic E-state index is 5.87. The van der Waals surface area contributed by atoms with E-state index in [0.717, 1.165) is 31.8 Å². The average Bonchev–Trinajstić information content (AvgIpc) is 3.15. The van der Waals surface area contributed by atoms with Gasteiger partial charge in [-0.05, 0) is 45.4 Å². The zero-order valence-electron chi connectivity index (χ0n) is 14.8. The van der Waals surface area contributed by atoms with Gasteiger partial charge in [0.05, 0.1) is 24.1 Å². The Balaban J connectivity index is 1.43. The predicted molar refractivity (Wildman–Crippen MR) is 95.1 cm³/mol. The van der Waals surface area contributed by atoms with Crippen molar-refractivity contribution in [1.82, 2.24) is 19.2 Å². The van der Waals surface area contributed by atoms with Crippen molar-refractivity contribution in [2.45, 2.75) is 51.5 Å². The van der Waals surface area contributed by atoms with Crippen LogP contribution in [0.2, 0.25) is 0 Å². The molecule has 3 atom stereocenters. The van der Waals surface area contributed by atoms with Crippen molar-refractivity contribution >= 4 is 5.65 Å². The standard InChI is InChI=1S/C19H28N4O/c1-15-11-21(12-16(2)24-15)13-17-6-5-8-22(17)14-18-10-20-19-7-3-4-9-23(18)19/h3-4,7,9-10,15-17H,5-6,8,11-14H2,1-2H3/t15-,16-,17+/m1/s1. The molecule has 0 bridgehead atoms. The fourth-order valence-corrected chi connectivity index (χ4v) is 4.35. The summed E-state index contributed by atoms with van der Waals surface area (Å²) in [5.41, 5.74) is 2.33. The highest BCUT2D eigenvalue weighted by atomic mass is 16.5. The van der Waals surface area contributed by atoms with Crippen molar-refractivity contribution in [3.63, 3.8) is 0 Å². The van der Waals surface area contributed by atoms with E-state index in [1.807, 2.05) is 12.3 Å². The van der Waals surface area contributed by atoms with Gasteiger partial charge in [-0.2, -0.15) is 0 Å². The summed E-state index contributed by atoms with van der Waals surface area (Å²) in [6.45, 7) is 9.84. The van der Waals surface area contributed by atoms with Gasteiger partial charge in [0.2, 0.25) is 0 Å². The molecule has 2 aliphatic heterocycles. The molecule has 5 nitrogen and oxygen atoms in total. The third kappa shape index (κ3) is 3.34. The number of hydrogen-bond acceptors (Lipinski definition) is 4. The summed E-state index contributed by atoms with van der Waals surface area (Å²) in [4.78, 5) is 9.76. The molecule has 4 heterocycles. The third-order valence-corrected chi connectivity index (χ3v) is 5.32. The van der Waals surface area contributed by atoms with Crippen molar-refractivity contribution in [2.75, 3.05) is 26.2 Å². The molecule has 0 aliphatic carbocycles. The van der Waals surface area contributed by atoms with Gasteiger partial charge in [0, 0.05) is 38.4 Å². The summed E-state index contributed by atoms with van der Waals surface area (Å²) in [6.07, 6.45) is 7.45. The fraction of sp³-hybridized carbons (Fsp3) is 0.632. The molecule has 0 amide bonds. The van der Waals surface area contributed by atoms with Crippen molar-refractivity contribution in [2.24, 2.45) is 0 Å². The Labute approximate surface area is 144 Å². The molecule has 0 unspecified atom stereocenters. The van der Waals surface area contributed by atoms with E-state index in [2.05, 4.69) is 51.4 Å². The minimum atomic E-state index is 0.349. The van der Waals surface area contributed by atoms with Gasteiger partial charge in [-0.1, -0.05) is 6.07 Å². The summed E-state index contributed by atoms with van der Waals surface area (Å²) < 4.78 is 8.09. The van der Waals surface area contributed by atoms with Gasteiger partial charge in [-0.25, -0.2) is 4.98 Å². The lowest BCUT2D eigenvalue weighted by Crippen LogP contribution is -2.50. The first-order valence-electron chi connectivity index (χ1n) is 9.22. The molecular formula is C19H28N4O. The van der Waals surface area contributed by atoms with Crippen molar-refractivity contribution in [1.29, 1.82) is 0 Å². The first-order chi connectivity index (χ1) is 11.7. The Morgan fingerprint density at radius 1 is 1.21 bits per heavy atom. The highest BCUT2D eigenvalue weighted by Gasteiger charge is 2.30. The summed E-state index contributed by atoms with van der Waals surface area (Å²) >= 11 is 0. The molecule has 2 saturated heterocycles. The molecule has 24 heavy (non-hydrogen) atoms. The van der Waals surface area contributed by atoms with Crippen LogP contribution in [-0.2, 0) is 11.3 Å². The van der Waals surface area contributed by atoms with Crippen LogP contribution < -0.4 is 0 Å². The van der Waals surface area contributed by atoms with Gasteiger partial charge in [0.15, 0.2) is 0 Å². The number of imidazole rings is 1. The molecule has 0 aromatic carbocycles. The molecule has 130 valence electrons. The van der Waals surface area contributed by atoms with Crippen LogP contribution >= 0.6 is 0 Å². The number of likely N-dealkylation sites (tertiary alicyclic amines) is 1. The molecular weight excluding hydrogens is 300 g/mol. The molecule has 2 aromatic heterocycles. The van der Waals surface area contributed by atoms with Gasteiger partial charge in [-0.3, -0.25) is 9.80 Å². The van der Waals surface area contributed by atoms with E-state index in [9.17, 15) is 0 Å². The van der Waals surface area contributed by atoms with Crippen LogP contribution in [0, 0.1) is 0 Å². The minimum Gasteiger partial charge on any atom is -0.373 e. The van der Waals surface area contributed by atoms with Gasteiger partial charge in [0.25, 0.3) is 0 Å². The second-order valence-electron chi connectivity index (χ2n) is 7.42. The van der Waals surface area contributed by atoms with E-state index >= 15 is 0 Å². The van der Waals surface area contributed by atoms with E-state index in [4.69, 9.17) is 4.74 Å². The molecule has 2 fully saturated rings. The number of fused-ring (bicyclic) bond motifs is 1. The van der Waals surface area contributed by atoms with Crippen molar-refractivity contribution in [3.05, 3.63) is 36.3 Å². The van der Waals surface area contributed by atoms with E-state index in [1.165, 1.54) is 25.1 Å². The normalized spacial score (nSPS) is 29.5. The molecule has 0 spiro atoms. The second-order valence-corrected chi connectivity index (χ2v) is 7.42. The molecule has 0 radical (unpaired) electrons. The Bertz CT molecular complexity index is 675. The molecule has 5 heteroatoms. The van der Waals surface area contributed by atoms with Crippen LogP contribution in [0.3, 0.4) is 0 Å². The summed E-state index contributed by atoms with van der Waals surface area (Å²) in [5.74, 6) is 0. The van der Waals surface area contributed by atoms with Gasteiger partial charge >= 0.3 is 0 Å². The molecule has 4 rings (SSSR count). The Morgan fingerprint density at radius 2 is 2.04 bits per heavy atom. The maximum atomic E-state index is 5.87. The van der Waals surface area contributed by atoms with Gasteiger partial charge < -0.3 is 9.14 Å². The summed E-state index contributed by atoms with van der Waals surface area (Å²) in [7, 11) is 0. The van der Waals surface area contributed by atoms with Crippen molar-refractivity contribution < 1.29 is 4.74 Å². The lowest BCUT2D eigenvalue weighted by molar-refractivity contribution is -0.0724. The van der Waals surface area contributed by atoms with Crippen LogP contribution in [0.1, 0.15) is 32.4 Å². The SMILES string of the molecule is C[C@@H]1CN(C[C@@H]2CCCN2Cc2cnc3ccccn23)C[C@@H](C)O1. The number of morpholine rings is 1. The predicted octanol–water partition coefficient (Wildman–Crippen LogP) is 2.41. The van der Waals surface area contributed by atoms with Crippen LogP contribution in [0.25, 0.3) is 5.65 Å². The smallest absolute Gasteiger partial charge is 0.136 e. The van der Waals surface area contributed by atoms with Crippen LogP contribution in [0.4, 0.5) is 0 Å². The average molecular weight is 328 g/mol. The number of hydrogen-bond donors (Lipinski definition) is 0. The second kappa shape index (κ2) is 6.82. The number of pyridine rings is 1. The number of aromatic nitrogens is 2. The molecule has 0 N–H and O–H groups in total. The Morgan fingerprint density at radius 3 is 2.88 bits per heavy atom. The first kappa shape index (κ1) is 16.1. The fourth-order valence-electron chi connectivity index (χ4n) is 4.35. The van der Waals surface area contributed by atoms with E-state index in [-0.39, 0.29) is 0 Å². The highest BCUT2D eigenvalue weighted by Crippen LogP contribution is 2.23. The van der Waals surface area contributed by atoms with E-state index in [0.29, 0.717) is 18.2 Å². The number of ether oxygens (including phenoxy) is 1. The lowest BCUT2D eigenvalue weighted by Gasteiger charge is -2.38.